The number of rotatable bonds is 9. The predicted molar refractivity (Wildman–Crippen MR) is 76.0 cm³/mol. The van der Waals surface area contributed by atoms with Gasteiger partial charge < -0.3 is 10.4 Å². The molecule has 0 radical (unpaired) electrons. The van der Waals surface area contributed by atoms with Gasteiger partial charge in [-0.25, -0.2) is 4.79 Å². The molecule has 0 aliphatic rings. The van der Waals surface area contributed by atoms with Gasteiger partial charge in [-0.1, -0.05) is 44.2 Å². The van der Waals surface area contributed by atoms with Crippen LogP contribution in [0.2, 0.25) is 0 Å². The van der Waals surface area contributed by atoms with Gasteiger partial charge in [0.15, 0.2) is 0 Å². The molecule has 1 aromatic rings. The van der Waals surface area contributed by atoms with Crippen LogP contribution in [0.5, 0.6) is 0 Å². The van der Waals surface area contributed by atoms with Gasteiger partial charge in [-0.05, 0) is 12.0 Å². The van der Waals surface area contributed by atoms with Crippen LogP contribution in [0.1, 0.15) is 25.8 Å². The molecule has 0 spiro atoms. The van der Waals surface area contributed by atoms with Crippen molar-refractivity contribution in [2.45, 2.75) is 38.8 Å². The van der Waals surface area contributed by atoms with Crippen LogP contribution in [-0.4, -0.2) is 36.4 Å². The third-order valence-electron chi connectivity index (χ3n) is 2.63. The van der Waals surface area contributed by atoms with E-state index in [2.05, 4.69) is 10.2 Å². The predicted octanol–water partition coefficient (Wildman–Crippen LogP) is 1.45. The fraction of sp³-hybridized carbons (Fsp3) is 0.533. The lowest BCUT2D eigenvalue weighted by Crippen LogP contribution is -2.34. The van der Waals surface area contributed by atoms with E-state index < -0.39 is 12.1 Å². The van der Waals surface area contributed by atoms with E-state index in [0.29, 0.717) is 13.0 Å². The van der Waals surface area contributed by atoms with Crippen molar-refractivity contribution in [3.05, 3.63) is 35.9 Å². The number of hydrogen-bond donors (Lipinski definition) is 2. The molecule has 1 unspecified atom stereocenters. The maximum Gasteiger partial charge on any atom is 0.342 e. The Morgan fingerprint density at radius 1 is 1.30 bits per heavy atom. The van der Waals surface area contributed by atoms with Crippen LogP contribution in [0.3, 0.4) is 0 Å². The summed E-state index contributed by atoms with van der Waals surface area (Å²) in [5.41, 5.74) is 1.07. The Balaban J connectivity index is 2.08. The lowest BCUT2D eigenvalue weighted by Gasteiger charge is -2.13. The smallest absolute Gasteiger partial charge is 0.342 e. The molecule has 5 nitrogen and oxygen atoms in total. The number of aliphatic hydroxyl groups excluding tert-OH is 1. The first kappa shape index (κ1) is 16.6. The summed E-state index contributed by atoms with van der Waals surface area (Å²) in [6.45, 7) is 4.34. The minimum absolute atomic E-state index is 0.0310. The van der Waals surface area contributed by atoms with E-state index in [1.807, 2.05) is 44.2 Å². The number of aryl methyl sites for hydroxylation is 1. The van der Waals surface area contributed by atoms with Crippen molar-refractivity contribution >= 4 is 5.97 Å². The Bertz CT molecular complexity index is 381. The average molecular weight is 281 g/mol. The highest BCUT2D eigenvalue weighted by molar-refractivity contribution is 5.69. The zero-order valence-electron chi connectivity index (χ0n) is 12.0. The Morgan fingerprint density at radius 3 is 2.65 bits per heavy atom. The highest BCUT2D eigenvalue weighted by atomic mass is 17.2. The van der Waals surface area contributed by atoms with Gasteiger partial charge in [0.05, 0.1) is 12.5 Å². The van der Waals surface area contributed by atoms with Gasteiger partial charge in [0.25, 0.3) is 0 Å². The summed E-state index contributed by atoms with van der Waals surface area (Å²) in [6, 6.07) is 9.98. The van der Waals surface area contributed by atoms with Crippen LogP contribution in [0.15, 0.2) is 30.3 Å². The Morgan fingerprint density at radius 2 is 2.00 bits per heavy atom. The van der Waals surface area contributed by atoms with Crippen molar-refractivity contribution < 1.29 is 19.7 Å². The fourth-order valence-electron chi connectivity index (χ4n) is 1.54. The second-order valence-electron chi connectivity index (χ2n) is 4.94. The third-order valence-corrected chi connectivity index (χ3v) is 2.63. The van der Waals surface area contributed by atoms with E-state index in [1.165, 1.54) is 0 Å². The summed E-state index contributed by atoms with van der Waals surface area (Å²) in [5, 5.41) is 12.6. The molecular weight excluding hydrogens is 258 g/mol. The van der Waals surface area contributed by atoms with Gasteiger partial charge in [0.1, 0.15) is 6.61 Å². The van der Waals surface area contributed by atoms with Crippen LogP contribution in [0, 0.1) is 0 Å². The summed E-state index contributed by atoms with van der Waals surface area (Å²) in [4.78, 5) is 20.8. The lowest BCUT2D eigenvalue weighted by molar-refractivity contribution is -0.281. The van der Waals surface area contributed by atoms with Crippen molar-refractivity contribution in [2.75, 3.05) is 13.2 Å². The molecule has 1 rings (SSSR count). The number of aliphatic hydroxyl groups is 1. The molecule has 0 saturated carbocycles. The largest absolute Gasteiger partial charge is 0.389 e. The highest BCUT2D eigenvalue weighted by Crippen LogP contribution is 2.03. The number of carbonyl (C=O) groups is 1. The van der Waals surface area contributed by atoms with E-state index in [-0.39, 0.29) is 19.1 Å². The molecule has 0 aromatic heterocycles. The first-order valence-corrected chi connectivity index (χ1v) is 6.85. The molecule has 0 fully saturated rings. The SMILES string of the molecule is CC(C)NCC(O)COOC(=O)CCc1ccccc1. The molecule has 0 aliphatic heterocycles. The lowest BCUT2D eigenvalue weighted by atomic mass is 10.1. The van der Waals surface area contributed by atoms with Gasteiger partial charge in [-0.15, -0.1) is 0 Å². The molecule has 112 valence electrons. The molecular formula is C15H23NO4. The van der Waals surface area contributed by atoms with E-state index >= 15 is 0 Å². The minimum atomic E-state index is -0.695. The molecule has 0 bridgehead atoms. The molecule has 1 aromatic carbocycles. The van der Waals surface area contributed by atoms with E-state index in [4.69, 9.17) is 4.89 Å². The van der Waals surface area contributed by atoms with E-state index in [1.54, 1.807) is 0 Å². The third kappa shape index (κ3) is 7.89. The molecule has 1 atom stereocenters. The van der Waals surface area contributed by atoms with Crippen LogP contribution in [0.25, 0.3) is 0 Å². The second-order valence-corrected chi connectivity index (χ2v) is 4.94. The van der Waals surface area contributed by atoms with Crippen molar-refractivity contribution in [1.29, 1.82) is 0 Å². The molecule has 0 aliphatic carbocycles. The van der Waals surface area contributed by atoms with Gasteiger partial charge in [0.2, 0.25) is 0 Å². The summed E-state index contributed by atoms with van der Waals surface area (Å²) in [5.74, 6) is -0.433. The Hall–Kier alpha value is -1.43. The molecule has 0 heterocycles. The van der Waals surface area contributed by atoms with E-state index in [9.17, 15) is 9.90 Å². The van der Waals surface area contributed by atoms with Crippen molar-refractivity contribution in [3.8, 4) is 0 Å². The van der Waals surface area contributed by atoms with Crippen LogP contribution >= 0.6 is 0 Å². The first-order chi connectivity index (χ1) is 9.58. The maximum atomic E-state index is 11.4. The van der Waals surface area contributed by atoms with Crippen molar-refractivity contribution in [3.63, 3.8) is 0 Å². The number of nitrogens with one attached hydrogen (secondary N) is 1. The summed E-state index contributed by atoms with van der Waals surface area (Å²) >= 11 is 0. The van der Waals surface area contributed by atoms with Gasteiger partial charge in [-0.2, -0.15) is 4.89 Å². The zero-order valence-corrected chi connectivity index (χ0v) is 12.0. The molecule has 0 saturated heterocycles. The van der Waals surface area contributed by atoms with Crippen molar-refractivity contribution in [2.24, 2.45) is 0 Å². The van der Waals surface area contributed by atoms with Crippen LogP contribution < -0.4 is 5.32 Å². The van der Waals surface area contributed by atoms with Gasteiger partial charge in [-0.3, -0.25) is 4.89 Å². The number of benzene rings is 1. The van der Waals surface area contributed by atoms with E-state index in [0.717, 1.165) is 5.56 Å². The topological polar surface area (TPSA) is 67.8 Å². The summed E-state index contributed by atoms with van der Waals surface area (Å²) in [7, 11) is 0. The quantitative estimate of drug-likeness (QED) is 0.530. The Labute approximate surface area is 119 Å². The Kier molecular flexibility index (Phi) is 7.87. The highest BCUT2D eigenvalue weighted by Gasteiger charge is 2.09. The minimum Gasteiger partial charge on any atom is -0.389 e. The number of carbonyl (C=O) groups excluding carboxylic acids is 1. The zero-order chi connectivity index (χ0) is 14.8. The normalized spacial score (nSPS) is 12.4. The maximum absolute atomic E-state index is 11.4. The molecule has 2 N–H and O–H groups in total. The molecule has 0 amide bonds. The number of hydrogen-bond acceptors (Lipinski definition) is 5. The average Bonchev–Trinajstić information content (AvgIpc) is 2.44. The van der Waals surface area contributed by atoms with Crippen molar-refractivity contribution in [1.82, 2.24) is 5.32 Å². The standard InChI is InChI=1S/C15H23NO4/c1-12(2)16-10-14(17)11-19-20-15(18)9-8-13-6-4-3-5-7-13/h3-7,12,14,16-17H,8-11H2,1-2H3. The summed E-state index contributed by atoms with van der Waals surface area (Å²) in [6.07, 6.45) is 0.171. The molecule has 5 heteroatoms. The monoisotopic (exact) mass is 281 g/mol. The van der Waals surface area contributed by atoms with Crippen LogP contribution in [0.4, 0.5) is 0 Å². The van der Waals surface area contributed by atoms with Crippen LogP contribution in [-0.2, 0) is 21.0 Å². The first-order valence-electron chi connectivity index (χ1n) is 6.85. The van der Waals surface area contributed by atoms with Gasteiger partial charge in [0, 0.05) is 12.6 Å². The van der Waals surface area contributed by atoms with Gasteiger partial charge >= 0.3 is 5.97 Å². The second kappa shape index (κ2) is 9.47. The fourth-order valence-corrected chi connectivity index (χ4v) is 1.54. The molecule has 20 heavy (non-hydrogen) atoms. The summed E-state index contributed by atoms with van der Waals surface area (Å²) < 4.78 is 0.